The number of ether oxygens (including phenoxy) is 2. The van der Waals surface area contributed by atoms with Crippen molar-refractivity contribution >= 4 is 0 Å². The largest absolute Gasteiger partial charge is 0.501 e. The predicted octanol–water partition coefficient (Wildman–Crippen LogP) is 3.40. The number of aromatic nitrogens is 1. The number of hydrogen-bond acceptors (Lipinski definition) is 5. The van der Waals surface area contributed by atoms with Crippen LogP contribution in [0.3, 0.4) is 0 Å². The summed E-state index contributed by atoms with van der Waals surface area (Å²) < 4.78 is 16.8. The maximum Gasteiger partial charge on any atom is 0.260 e. The number of allylic oxidation sites excluding steroid dienone is 1. The lowest BCUT2D eigenvalue weighted by molar-refractivity contribution is 0.0314. The molecule has 4 rings (SSSR count). The Morgan fingerprint density at radius 1 is 1.29 bits per heavy atom. The molecule has 0 aliphatic heterocycles. The fourth-order valence-electron chi connectivity index (χ4n) is 3.85. The molecule has 0 spiro atoms. The molecule has 3 unspecified atom stereocenters. The summed E-state index contributed by atoms with van der Waals surface area (Å²) in [6, 6.07) is 9.88. The van der Waals surface area contributed by atoms with Gasteiger partial charge in [0.1, 0.15) is 12.4 Å². The highest BCUT2D eigenvalue weighted by Crippen LogP contribution is 2.49. The van der Waals surface area contributed by atoms with Gasteiger partial charge in [-0.2, -0.15) is 0 Å². The van der Waals surface area contributed by atoms with Gasteiger partial charge in [-0.05, 0) is 35.6 Å². The van der Waals surface area contributed by atoms with Gasteiger partial charge in [-0.25, -0.2) is 0 Å². The summed E-state index contributed by atoms with van der Waals surface area (Å²) in [7, 11) is 1.66. The minimum absolute atomic E-state index is 0.0466. The van der Waals surface area contributed by atoms with Crippen LogP contribution in [0.1, 0.15) is 35.8 Å². The summed E-state index contributed by atoms with van der Waals surface area (Å²) in [5.74, 6) is 2.27. The highest BCUT2D eigenvalue weighted by molar-refractivity contribution is 5.36. The van der Waals surface area contributed by atoms with Gasteiger partial charge in [-0.3, -0.25) is 0 Å². The van der Waals surface area contributed by atoms with Crippen molar-refractivity contribution in [3.05, 3.63) is 59.1 Å². The van der Waals surface area contributed by atoms with Crippen LogP contribution >= 0.6 is 0 Å². The van der Waals surface area contributed by atoms with E-state index in [-0.39, 0.29) is 5.92 Å². The van der Waals surface area contributed by atoms with Crippen molar-refractivity contribution < 1.29 is 19.1 Å². The molecular formula is C19H21NO4. The van der Waals surface area contributed by atoms with Crippen LogP contribution in [-0.2, 0) is 17.8 Å². The van der Waals surface area contributed by atoms with Gasteiger partial charge in [0.2, 0.25) is 0 Å². The Hall–Kier alpha value is -2.27. The molecule has 24 heavy (non-hydrogen) atoms. The van der Waals surface area contributed by atoms with Crippen LogP contribution in [0.25, 0.3) is 0 Å². The van der Waals surface area contributed by atoms with Crippen LogP contribution in [0.5, 0.6) is 5.88 Å². The zero-order valence-electron chi connectivity index (χ0n) is 13.6. The molecule has 5 heteroatoms. The monoisotopic (exact) mass is 327 g/mol. The number of hydrogen-bond donors (Lipinski definition) is 1. The van der Waals surface area contributed by atoms with Crippen molar-refractivity contribution in [1.82, 2.24) is 5.16 Å². The molecule has 1 N–H and O–H groups in total. The first-order valence-electron chi connectivity index (χ1n) is 8.35. The number of aliphatic hydroxyl groups excluding tert-OH is 1. The summed E-state index contributed by atoms with van der Waals surface area (Å²) >= 11 is 0. The number of aliphatic hydroxyl groups is 1. The molecule has 5 nitrogen and oxygen atoms in total. The second kappa shape index (κ2) is 6.32. The van der Waals surface area contributed by atoms with E-state index in [0.717, 1.165) is 36.3 Å². The lowest BCUT2D eigenvalue weighted by atomic mass is 9.71. The van der Waals surface area contributed by atoms with Crippen LogP contribution in [0.2, 0.25) is 0 Å². The number of methoxy groups -OCH3 is 1. The molecule has 0 radical (unpaired) electrons. The van der Waals surface area contributed by atoms with Gasteiger partial charge >= 0.3 is 0 Å². The van der Waals surface area contributed by atoms with Crippen LogP contribution < -0.4 is 4.74 Å². The number of nitrogens with zero attached hydrogens (tertiary/aromatic N) is 1. The maximum atomic E-state index is 10.9. The quantitative estimate of drug-likeness (QED) is 0.932. The van der Waals surface area contributed by atoms with Crippen LogP contribution in [0, 0.1) is 11.8 Å². The molecule has 0 amide bonds. The molecule has 2 aliphatic rings. The smallest absolute Gasteiger partial charge is 0.260 e. The first-order chi connectivity index (χ1) is 11.8. The third kappa shape index (κ3) is 2.59. The van der Waals surface area contributed by atoms with Gasteiger partial charge < -0.3 is 19.1 Å². The van der Waals surface area contributed by atoms with Gasteiger partial charge in [-0.15, -0.1) is 0 Å². The predicted molar refractivity (Wildman–Crippen MR) is 87.2 cm³/mol. The van der Waals surface area contributed by atoms with E-state index in [9.17, 15) is 5.11 Å². The van der Waals surface area contributed by atoms with Gasteiger partial charge in [0.15, 0.2) is 0 Å². The van der Waals surface area contributed by atoms with E-state index >= 15 is 0 Å². The molecule has 2 aromatic rings. The molecule has 1 heterocycles. The number of rotatable bonds is 4. The maximum absolute atomic E-state index is 10.9. The van der Waals surface area contributed by atoms with E-state index in [1.54, 1.807) is 7.11 Å². The standard InChI is InChI=1S/C19H21NO4/c1-22-14-9-5-8-13-10-15-17(18(21)16(13)14)19(20-24-15)23-11-12-6-3-2-4-7-12/h2-4,6-7,9,13,16,18,21H,5,8,10-11H2,1H3. The lowest BCUT2D eigenvalue weighted by Crippen LogP contribution is -2.33. The summed E-state index contributed by atoms with van der Waals surface area (Å²) in [6.07, 6.45) is 4.13. The molecule has 1 aromatic carbocycles. The Morgan fingerprint density at radius 3 is 2.92 bits per heavy atom. The zero-order chi connectivity index (χ0) is 16.5. The Morgan fingerprint density at radius 2 is 2.12 bits per heavy atom. The summed E-state index contributed by atoms with van der Waals surface area (Å²) in [6.45, 7) is 0.396. The highest BCUT2D eigenvalue weighted by Gasteiger charge is 2.44. The van der Waals surface area contributed by atoms with E-state index < -0.39 is 6.10 Å². The SMILES string of the molecule is COC1=CCCC2Cc3onc(OCc4ccccc4)c3C(O)C12. The second-order valence-corrected chi connectivity index (χ2v) is 6.42. The average molecular weight is 327 g/mol. The van der Waals surface area contributed by atoms with Gasteiger partial charge in [-0.1, -0.05) is 30.3 Å². The third-order valence-corrected chi connectivity index (χ3v) is 5.03. The van der Waals surface area contributed by atoms with Crippen LogP contribution in [0.15, 0.2) is 46.7 Å². The van der Waals surface area contributed by atoms with Crippen molar-refractivity contribution in [2.24, 2.45) is 11.8 Å². The topological polar surface area (TPSA) is 64.7 Å². The molecule has 0 bridgehead atoms. The van der Waals surface area contributed by atoms with Crippen molar-refractivity contribution in [1.29, 1.82) is 0 Å². The van der Waals surface area contributed by atoms with E-state index in [1.165, 1.54) is 0 Å². The molecule has 3 atom stereocenters. The van der Waals surface area contributed by atoms with Gasteiger partial charge in [0.05, 0.1) is 24.5 Å². The Labute approximate surface area is 140 Å². The van der Waals surface area contributed by atoms with Crippen molar-refractivity contribution in [2.75, 3.05) is 7.11 Å². The molecular weight excluding hydrogens is 306 g/mol. The second-order valence-electron chi connectivity index (χ2n) is 6.42. The number of benzene rings is 1. The minimum atomic E-state index is -0.706. The average Bonchev–Trinajstić information content (AvgIpc) is 3.03. The normalized spacial score (nSPS) is 25.4. The Balaban J connectivity index is 1.59. The first-order valence-corrected chi connectivity index (χ1v) is 8.35. The molecule has 2 aliphatic carbocycles. The first kappa shape index (κ1) is 15.3. The van der Waals surface area contributed by atoms with E-state index in [1.807, 2.05) is 30.3 Å². The van der Waals surface area contributed by atoms with E-state index in [0.29, 0.717) is 24.0 Å². The zero-order valence-corrected chi connectivity index (χ0v) is 13.6. The molecule has 1 aromatic heterocycles. The van der Waals surface area contributed by atoms with Crippen LogP contribution in [-0.4, -0.2) is 17.4 Å². The van der Waals surface area contributed by atoms with Gasteiger partial charge in [0.25, 0.3) is 5.88 Å². The van der Waals surface area contributed by atoms with E-state index in [2.05, 4.69) is 11.2 Å². The molecule has 0 saturated carbocycles. The van der Waals surface area contributed by atoms with Gasteiger partial charge in [0, 0.05) is 12.3 Å². The summed E-state index contributed by atoms with van der Waals surface area (Å²) in [5.41, 5.74) is 1.73. The van der Waals surface area contributed by atoms with Crippen molar-refractivity contribution in [2.45, 2.75) is 32.0 Å². The van der Waals surface area contributed by atoms with Crippen molar-refractivity contribution in [3.63, 3.8) is 0 Å². The fraction of sp³-hybridized carbons (Fsp3) is 0.421. The minimum Gasteiger partial charge on any atom is -0.501 e. The molecule has 126 valence electrons. The highest BCUT2D eigenvalue weighted by atomic mass is 16.5. The van der Waals surface area contributed by atoms with E-state index in [4.69, 9.17) is 14.0 Å². The van der Waals surface area contributed by atoms with Crippen molar-refractivity contribution in [3.8, 4) is 5.88 Å². The molecule has 0 saturated heterocycles. The lowest BCUT2D eigenvalue weighted by Gasteiger charge is -2.37. The summed E-state index contributed by atoms with van der Waals surface area (Å²) in [5, 5.41) is 15.0. The number of fused-ring (bicyclic) bond motifs is 2. The van der Waals surface area contributed by atoms with Crippen LogP contribution in [0.4, 0.5) is 0 Å². The Kier molecular flexibility index (Phi) is 4.02. The third-order valence-electron chi connectivity index (χ3n) is 5.03. The summed E-state index contributed by atoms with van der Waals surface area (Å²) in [4.78, 5) is 0. The Bertz CT molecular complexity index is 737. The fourth-order valence-corrected chi connectivity index (χ4v) is 3.85. The molecule has 0 fully saturated rings.